The standard InChI is InChI=1S/C13H18BrN3/c1-3-13(16,4-2)9-17-12-7-5-6-11(14)10(12)8-15/h5-7,17H,3-4,9,16H2,1-2H3. The van der Waals surface area contributed by atoms with Crippen molar-refractivity contribution in [2.45, 2.75) is 32.2 Å². The van der Waals surface area contributed by atoms with Crippen molar-refractivity contribution >= 4 is 21.6 Å². The van der Waals surface area contributed by atoms with Gasteiger partial charge in [-0.05, 0) is 40.9 Å². The van der Waals surface area contributed by atoms with Gasteiger partial charge in [-0.3, -0.25) is 0 Å². The number of anilines is 1. The van der Waals surface area contributed by atoms with Gasteiger partial charge in [-0.2, -0.15) is 5.26 Å². The number of nitrogens with zero attached hydrogens (tertiary/aromatic N) is 1. The summed E-state index contributed by atoms with van der Waals surface area (Å²) in [4.78, 5) is 0. The number of halogens is 1. The van der Waals surface area contributed by atoms with Crippen molar-refractivity contribution < 1.29 is 0 Å². The van der Waals surface area contributed by atoms with Crippen molar-refractivity contribution in [3.8, 4) is 6.07 Å². The molecule has 1 aromatic carbocycles. The van der Waals surface area contributed by atoms with E-state index < -0.39 is 0 Å². The normalized spacial score (nSPS) is 11.0. The molecule has 3 N–H and O–H groups in total. The maximum absolute atomic E-state index is 9.09. The first kappa shape index (κ1) is 14.0. The summed E-state index contributed by atoms with van der Waals surface area (Å²) in [6, 6.07) is 7.85. The van der Waals surface area contributed by atoms with E-state index in [9.17, 15) is 0 Å². The van der Waals surface area contributed by atoms with Gasteiger partial charge in [0.05, 0.1) is 11.3 Å². The zero-order chi connectivity index (χ0) is 12.9. The molecule has 0 fully saturated rings. The molecule has 1 rings (SSSR count). The van der Waals surface area contributed by atoms with E-state index in [4.69, 9.17) is 11.0 Å². The van der Waals surface area contributed by atoms with E-state index in [1.807, 2.05) is 18.2 Å². The fourth-order valence-corrected chi connectivity index (χ4v) is 2.01. The molecule has 3 nitrogen and oxygen atoms in total. The monoisotopic (exact) mass is 295 g/mol. The highest BCUT2D eigenvalue weighted by Gasteiger charge is 2.20. The lowest BCUT2D eigenvalue weighted by molar-refractivity contribution is 0.418. The average Bonchev–Trinajstić information content (AvgIpc) is 2.36. The van der Waals surface area contributed by atoms with Crippen molar-refractivity contribution in [3.05, 3.63) is 28.2 Å². The second kappa shape index (κ2) is 6.04. The molecule has 0 bridgehead atoms. The number of hydrogen-bond donors (Lipinski definition) is 2. The van der Waals surface area contributed by atoms with Crippen LogP contribution >= 0.6 is 15.9 Å². The number of hydrogen-bond acceptors (Lipinski definition) is 3. The Kier molecular flexibility index (Phi) is 4.98. The van der Waals surface area contributed by atoms with Crippen LogP contribution in [-0.2, 0) is 0 Å². The maximum Gasteiger partial charge on any atom is 0.103 e. The first-order chi connectivity index (χ1) is 8.06. The molecule has 0 atom stereocenters. The van der Waals surface area contributed by atoms with E-state index in [0.29, 0.717) is 12.1 Å². The van der Waals surface area contributed by atoms with Crippen LogP contribution in [0.1, 0.15) is 32.3 Å². The van der Waals surface area contributed by atoms with Crippen LogP contribution in [0.15, 0.2) is 22.7 Å². The quantitative estimate of drug-likeness (QED) is 0.876. The van der Waals surface area contributed by atoms with E-state index in [1.165, 1.54) is 0 Å². The zero-order valence-corrected chi connectivity index (χ0v) is 11.8. The molecular weight excluding hydrogens is 278 g/mol. The third-order valence-electron chi connectivity index (χ3n) is 3.16. The number of nitrogens with one attached hydrogen (secondary N) is 1. The predicted molar refractivity (Wildman–Crippen MR) is 74.8 cm³/mol. The van der Waals surface area contributed by atoms with Crippen LogP contribution in [0.4, 0.5) is 5.69 Å². The van der Waals surface area contributed by atoms with Gasteiger partial charge in [-0.15, -0.1) is 0 Å². The molecule has 92 valence electrons. The molecular formula is C13H18BrN3. The second-order valence-electron chi connectivity index (χ2n) is 4.20. The molecule has 0 unspecified atom stereocenters. The number of nitriles is 1. The Morgan fingerprint density at radius 2 is 2.06 bits per heavy atom. The third-order valence-corrected chi connectivity index (χ3v) is 3.83. The highest BCUT2D eigenvalue weighted by atomic mass is 79.9. The summed E-state index contributed by atoms with van der Waals surface area (Å²) < 4.78 is 0.806. The number of rotatable bonds is 5. The molecule has 0 aliphatic carbocycles. The molecule has 0 aliphatic rings. The van der Waals surface area contributed by atoms with Crippen molar-refractivity contribution in [3.63, 3.8) is 0 Å². The molecule has 0 aliphatic heterocycles. The Morgan fingerprint density at radius 3 is 2.59 bits per heavy atom. The Bertz CT molecular complexity index is 419. The summed E-state index contributed by atoms with van der Waals surface area (Å²) in [5.41, 5.74) is 7.46. The first-order valence-corrected chi connectivity index (χ1v) is 6.57. The van der Waals surface area contributed by atoms with Gasteiger partial charge in [-0.1, -0.05) is 19.9 Å². The molecule has 1 aromatic rings. The van der Waals surface area contributed by atoms with Gasteiger partial charge in [0, 0.05) is 16.6 Å². The van der Waals surface area contributed by atoms with E-state index >= 15 is 0 Å². The van der Waals surface area contributed by atoms with Gasteiger partial charge in [0.15, 0.2) is 0 Å². The molecule has 0 amide bonds. The van der Waals surface area contributed by atoms with Gasteiger partial charge in [0.2, 0.25) is 0 Å². The zero-order valence-electron chi connectivity index (χ0n) is 10.3. The van der Waals surface area contributed by atoms with Crippen LogP contribution in [-0.4, -0.2) is 12.1 Å². The van der Waals surface area contributed by atoms with Crippen molar-refractivity contribution in [2.75, 3.05) is 11.9 Å². The summed E-state index contributed by atoms with van der Waals surface area (Å²) in [5, 5.41) is 12.4. The highest BCUT2D eigenvalue weighted by Crippen LogP contribution is 2.24. The Balaban J connectivity index is 2.83. The topological polar surface area (TPSA) is 61.8 Å². The van der Waals surface area contributed by atoms with Crippen LogP contribution in [0.25, 0.3) is 0 Å². The lowest BCUT2D eigenvalue weighted by Gasteiger charge is -2.27. The van der Waals surface area contributed by atoms with Crippen LogP contribution < -0.4 is 11.1 Å². The molecule has 0 saturated carbocycles. The Hall–Kier alpha value is -1.05. The van der Waals surface area contributed by atoms with E-state index in [2.05, 4.69) is 41.2 Å². The van der Waals surface area contributed by atoms with Gasteiger partial charge in [0.25, 0.3) is 0 Å². The number of benzene rings is 1. The largest absolute Gasteiger partial charge is 0.382 e. The van der Waals surface area contributed by atoms with Crippen LogP contribution in [0, 0.1) is 11.3 Å². The molecule has 0 spiro atoms. The summed E-state index contributed by atoms with van der Waals surface area (Å²) in [5.74, 6) is 0. The highest BCUT2D eigenvalue weighted by molar-refractivity contribution is 9.10. The Labute approximate surface area is 111 Å². The smallest absolute Gasteiger partial charge is 0.103 e. The van der Waals surface area contributed by atoms with Crippen molar-refractivity contribution in [2.24, 2.45) is 5.73 Å². The van der Waals surface area contributed by atoms with Gasteiger partial charge in [-0.25, -0.2) is 0 Å². The summed E-state index contributed by atoms with van der Waals surface area (Å²) in [7, 11) is 0. The van der Waals surface area contributed by atoms with Crippen LogP contribution in [0.2, 0.25) is 0 Å². The maximum atomic E-state index is 9.09. The SMILES string of the molecule is CCC(N)(CC)CNc1cccc(Br)c1C#N. The molecule has 17 heavy (non-hydrogen) atoms. The number of nitrogens with two attached hydrogens (primary N) is 1. The van der Waals surface area contributed by atoms with E-state index in [1.54, 1.807) is 0 Å². The molecule has 4 heteroatoms. The predicted octanol–water partition coefficient (Wildman–Crippen LogP) is 3.25. The molecule has 0 saturated heterocycles. The average molecular weight is 296 g/mol. The minimum Gasteiger partial charge on any atom is -0.382 e. The van der Waals surface area contributed by atoms with Gasteiger partial charge >= 0.3 is 0 Å². The van der Waals surface area contributed by atoms with Gasteiger partial charge < -0.3 is 11.1 Å². The summed E-state index contributed by atoms with van der Waals surface area (Å²) >= 11 is 3.37. The Morgan fingerprint density at radius 1 is 1.41 bits per heavy atom. The van der Waals surface area contributed by atoms with Crippen molar-refractivity contribution in [1.82, 2.24) is 0 Å². The van der Waals surface area contributed by atoms with Gasteiger partial charge in [0.1, 0.15) is 6.07 Å². The minimum absolute atomic E-state index is 0.213. The second-order valence-corrected chi connectivity index (χ2v) is 5.05. The summed E-state index contributed by atoms with van der Waals surface area (Å²) in [6.45, 7) is 4.83. The van der Waals surface area contributed by atoms with Crippen LogP contribution in [0.5, 0.6) is 0 Å². The minimum atomic E-state index is -0.213. The first-order valence-electron chi connectivity index (χ1n) is 5.77. The molecule has 0 aromatic heterocycles. The third kappa shape index (κ3) is 3.45. The molecule has 0 radical (unpaired) electrons. The lowest BCUT2D eigenvalue weighted by atomic mass is 9.94. The molecule has 0 heterocycles. The summed E-state index contributed by atoms with van der Waals surface area (Å²) in [6.07, 6.45) is 1.82. The fraction of sp³-hybridized carbons (Fsp3) is 0.462. The lowest BCUT2D eigenvalue weighted by Crippen LogP contribution is -2.45. The van der Waals surface area contributed by atoms with E-state index in [0.717, 1.165) is 23.0 Å². The van der Waals surface area contributed by atoms with E-state index in [-0.39, 0.29) is 5.54 Å². The van der Waals surface area contributed by atoms with Crippen LogP contribution in [0.3, 0.4) is 0 Å². The van der Waals surface area contributed by atoms with Crippen molar-refractivity contribution in [1.29, 1.82) is 5.26 Å². The fourth-order valence-electron chi connectivity index (χ4n) is 1.56.